The van der Waals surface area contributed by atoms with Crippen molar-refractivity contribution in [1.82, 2.24) is 15.0 Å². The Morgan fingerprint density at radius 2 is 1.96 bits per heavy atom. The molecule has 1 rings (SSSR count). The molecule has 23 heavy (non-hydrogen) atoms. The predicted molar refractivity (Wildman–Crippen MR) is 79.7 cm³/mol. The summed E-state index contributed by atoms with van der Waals surface area (Å²) in [5.74, 6) is -0.417. The summed E-state index contributed by atoms with van der Waals surface area (Å²) in [6, 6.07) is 0. The summed E-state index contributed by atoms with van der Waals surface area (Å²) in [7, 11) is 0. The van der Waals surface area contributed by atoms with Crippen LogP contribution in [0.5, 0.6) is 0 Å². The van der Waals surface area contributed by atoms with Crippen LogP contribution in [-0.4, -0.2) is 81.3 Å². The maximum absolute atomic E-state index is 10.3. The highest BCUT2D eigenvalue weighted by Gasteiger charge is 2.33. The lowest BCUT2D eigenvalue weighted by Gasteiger charge is -2.29. The van der Waals surface area contributed by atoms with Gasteiger partial charge in [-0.2, -0.15) is 0 Å². The van der Waals surface area contributed by atoms with Gasteiger partial charge in [-0.05, 0) is 12.8 Å². The molecule has 0 unspecified atom stereocenters. The van der Waals surface area contributed by atoms with Crippen LogP contribution in [0.2, 0.25) is 0 Å². The summed E-state index contributed by atoms with van der Waals surface area (Å²) < 4.78 is 6.77. The third-order valence-electron chi connectivity index (χ3n) is 3.61. The number of aliphatic hydroxyl groups is 4. The Bertz CT molecular complexity index is 445. The van der Waals surface area contributed by atoms with E-state index in [4.69, 9.17) is 14.9 Å². The van der Waals surface area contributed by atoms with Crippen LogP contribution in [0.1, 0.15) is 18.5 Å². The highest BCUT2D eigenvalue weighted by molar-refractivity contribution is 5.49. The summed E-state index contributed by atoms with van der Waals surface area (Å²) >= 11 is 0. The molecule has 0 spiro atoms. The summed E-state index contributed by atoms with van der Waals surface area (Å²) in [5.41, 5.74) is -0.521. The number of aryl methyl sites for hydroxylation is 1. The SMILES string of the molecule is O=CCCCc1cn(C(CO)(CO)COCC(CO)CO)nn1. The van der Waals surface area contributed by atoms with Crippen LogP contribution >= 0.6 is 0 Å². The molecule has 0 fully saturated rings. The predicted octanol–water partition coefficient (Wildman–Crippen LogP) is -1.90. The molecular formula is C14H25N3O6. The van der Waals surface area contributed by atoms with Gasteiger partial charge in [0.2, 0.25) is 0 Å². The second-order valence-electron chi connectivity index (χ2n) is 5.50. The quantitative estimate of drug-likeness (QED) is 0.243. The number of ether oxygens (including phenoxy) is 1. The van der Waals surface area contributed by atoms with E-state index in [1.54, 1.807) is 6.20 Å². The van der Waals surface area contributed by atoms with Crippen LogP contribution in [0.25, 0.3) is 0 Å². The van der Waals surface area contributed by atoms with E-state index in [0.29, 0.717) is 25.0 Å². The molecule has 0 aliphatic carbocycles. The molecule has 0 radical (unpaired) electrons. The second kappa shape index (κ2) is 10.4. The van der Waals surface area contributed by atoms with Gasteiger partial charge in [-0.25, -0.2) is 4.68 Å². The maximum atomic E-state index is 10.3. The third-order valence-corrected chi connectivity index (χ3v) is 3.61. The van der Waals surface area contributed by atoms with Gasteiger partial charge >= 0.3 is 0 Å². The molecular weight excluding hydrogens is 306 g/mol. The first-order valence-electron chi connectivity index (χ1n) is 7.52. The fraction of sp³-hybridized carbons (Fsp3) is 0.786. The van der Waals surface area contributed by atoms with Crippen molar-refractivity contribution in [3.63, 3.8) is 0 Å². The topological polar surface area (TPSA) is 138 Å². The molecule has 0 saturated carbocycles. The first kappa shape index (κ1) is 19.7. The first-order chi connectivity index (χ1) is 11.2. The summed E-state index contributed by atoms with van der Waals surface area (Å²) in [6.07, 6.45) is 4.10. The van der Waals surface area contributed by atoms with Crippen LogP contribution in [0.3, 0.4) is 0 Å². The Kier molecular flexibility index (Phi) is 8.89. The highest BCUT2D eigenvalue weighted by Crippen LogP contribution is 2.16. The summed E-state index contributed by atoms with van der Waals surface area (Å²) in [4.78, 5) is 10.3. The standard InChI is InChI=1S/C14H25N3O6/c18-4-2-1-3-13-5-17(16-15-13)14(9-21,10-22)11-23-8-12(6-19)7-20/h4-5,12,19-22H,1-3,6-11H2. The maximum Gasteiger partial charge on any atom is 0.133 e. The molecule has 0 aliphatic heterocycles. The molecule has 4 N–H and O–H groups in total. The first-order valence-corrected chi connectivity index (χ1v) is 7.52. The molecule has 1 aromatic heterocycles. The van der Waals surface area contributed by atoms with E-state index in [2.05, 4.69) is 10.3 Å². The number of rotatable bonds is 13. The van der Waals surface area contributed by atoms with E-state index in [9.17, 15) is 15.0 Å². The molecule has 1 heterocycles. The minimum absolute atomic E-state index is 0.0480. The molecule has 9 heteroatoms. The minimum Gasteiger partial charge on any atom is -0.396 e. The van der Waals surface area contributed by atoms with Crippen molar-refractivity contribution >= 4 is 6.29 Å². The molecule has 0 aliphatic rings. The van der Waals surface area contributed by atoms with Gasteiger partial charge in [-0.3, -0.25) is 0 Å². The van der Waals surface area contributed by atoms with Crippen molar-refractivity contribution in [3.8, 4) is 0 Å². The van der Waals surface area contributed by atoms with Crippen LogP contribution in [0.4, 0.5) is 0 Å². The lowest BCUT2D eigenvalue weighted by molar-refractivity contribution is -0.107. The number of nitrogens with zero attached hydrogens (tertiary/aromatic N) is 3. The Morgan fingerprint density at radius 3 is 2.52 bits per heavy atom. The van der Waals surface area contributed by atoms with Crippen molar-refractivity contribution in [2.24, 2.45) is 5.92 Å². The van der Waals surface area contributed by atoms with Crippen LogP contribution in [0, 0.1) is 5.92 Å². The van der Waals surface area contributed by atoms with Crippen LogP contribution < -0.4 is 0 Å². The van der Waals surface area contributed by atoms with Gasteiger partial charge in [0.05, 0.1) is 45.3 Å². The lowest BCUT2D eigenvalue weighted by Crippen LogP contribution is -2.46. The van der Waals surface area contributed by atoms with Crippen molar-refractivity contribution in [3.05, 3.63) is 11.9 Å². The molecule has 0 saturated heterocycles. The summed E-state index contributed by atoms with van der Waals surface area (Å²) in [5, 5.41) is 45.2. The van der Waals surface area contributed by atoms with E-state index in [0.717, 1.165) is 6.29 Å². The third kappa shape index (κ3) is 5.63. The van der Waals surface area contributed by atoms with Gasteiger partial charge in [-0.1, -0.05) is 5.21 Å². The molecule has 9 nitrogen and oxygen atoms in total. The number of hydrogen-bond acceptors (Lipinski definition) is 8. The zero-order valence-electron chi connectivity index (χ0n) is 13.0. The van der Waals surface area contributed by atoms with E-state index in [-0.39, 0.29) is 26.4 Å². The van der Waals surface area contributed by atoms with Crippen molar-refractivity contribution < 1.29 is 30.0 Å². The fourth-order valence-electron chi connectivity index (χ4n) is 1.94. The molecule has 0 aromatic carbocycles. The number of aliphatic hydroxyl groups excluding tert-OH is 4. The van der Waals surface area contributed by atoms with Gasteiger partial charge < -0.3 is 30.0 Å². The van der Waals surface area contributed by atoms with Crippen molar-refractivity contribution in [2.45, 2.75) is 24.8 Å². The van der Waals surface area contributed by atoms with Gasteiger partial charge in [0, 0.05) is 18.5 Å². The number of aromatic nitrogens is 3. The van der Waals surface area contributed by atoms with E-state index < -0.39 is 24.7 Å². The average Bonchev–Trinajstić information content (AvgIpc) is 3.05. The summed E-state index contributed by atoms with van der Waals surface area (Å²) in [6.45, 7) is -1.21. The Morgan fingerprint density at radius 1 is 1.26 bits per heavy atom. The average molecular weight is 331 g/mol. The largest absolute Gasteiger partial charge is 0.396 e. The van der Waals surface area contributed by atoms with E-state index in [1.165, 1.54) is 4.68 Å². The Balaban J connectivity index is 2.69. The highest BCUT2D eigenvalue weighted by atomic mass is 16.5. The van der Waals surface area contributed by atoms with Crippen LogP contribution in [0.15, 0.2) is 6.20 Å². The van der Waals surface area contributed by atoms with E-state index >= 15 is 0 Å². The number of carbonyl (C=O) groups is 1. The number of hydrogen-bond donors (Lipinski definition) is 4. The van der Waals surface area contributed by atoms with Crippen molar-refractivity contribution in [2.75, 3.05) is 39.6 Å². The second-order valence-corrected chi connectivity index (χ2v) is 5.50. The zero-order chi connectivity index (χ0) is 17.1. The normalized spacial score (nSPS) is 12.0. The van der Waals surface area contributed by atoms with Crippen molar-refractivity contribution in [1.29, 1.82) is 0 Å². The monoisotopic (exact) mass is 331 g/mol. The zero-order valence-corrected chi connectivity index (χ0v) is 13.0. The smallest absolute Gasteiger partial charge is 0.133 e. The number of aldehydes is 1. The molecule has 0 bridgehead atoms. The number of unbranched alkanes of at least 4 members (excludes halogenated alkanes) is 1. The van der Waals surface area contributed by atoms with Gasteiger partial charge in [-0.15, -0.1) is 5.10 Å². The van der Waals surface area contributed by atoms with Gasteiger partial charge in [0.15, 0.2) is 0 Å². The molecule has 1 aromatic rings. The van der Waals surface area contributed by atoms with Crippen LogP contribution in [-0.2, 0) is 21.5 Å². The minimum atomic E-state index is -1.18. The fourth-order valence-corrected chi connectivity index (χ4v) is 1.94. The van der Waals surface area contributed by atoms with Gasteiger partial charge in [0.1, 0.15) is 11.8 Å². The number of carbonyl (C=O) groups excluding carboxylic acids is 1. The van der Waals surface area contributed by atoms with E-state index in [1.807, 2.05) is 0 Å². The van der Waals surface area contributed by atoms with Gasteiger partial charge in [0.25, 0.3) is 0 Å². The Labute approximate surface area is 134 Å². The molecule has 0 atom stereocenters. The molecule has 0 amide bonds. The Hall–Kier alpha value is -1.39. The lowest BCUT2D eigenvalue weighted by atomic mass is 10.0. The molecule has 132 valence electrons.